The van der Waals surface area contributed by atoms with Gasteiger partial charge in [-0.15, -0.1) is 0 Å². The molecular formula is C49H96N4O3. The smallest absolute Gasteiger partial charge is 0.0637 e. The van der Waals surface area contributed by atoms with Gasteiger partial charge in [0, 0.05) is 25.2 Å². The SMILES string of the molecule is CCCCCCCCN(CCCCCCCC)CCC[C@@H](C)[C@H]1CCC2C3C(C[C@H](OCCCN)[C@@]21C)[C@@]1(C)CC[C@@H](OCCCN)CC1C[C@H]3OCCCN. The van der Waals surface area contributed by atoms with Gasteiger partial charge in [-0.3, -0.25) is 0 Å². The van der Waals surface area contributed by atoms with Gasteiger partial charge in [0.05, 0.1) is 18.3 Å². The van der Waals surface area contributed by atoms with Crippen LogP contribution in [0.15, 0.2) is 0 Å². The predicted octanol–water partition coefficient (Wildman–Crippen LogP) is 10.5. The molecule has 0 aromatic heterocycles. The summed E-state index contributed by atoms with van der Waals surface area (Å²) in [6, 6.07) is 0. The predicted molar refractivity (Wildman–Crippen MR) is 238 cm³/mol. The van der Waals surface area contributed by atoms with E-state index in [1.54, 1.807) is 0 Å². The van der Waals surface area contributed by atoms with Gasteiger partial charge in [-0.05, 0) is 170 Å². The van der Waals surface area contributed by atoms with Crippen LogP contribution < -0.4 is 17.2 Å². The zero-order chi connectivity index (χ0) is 40.2. The van der Waals surface area contributed by atoms with E-state index in [4.69, 9.17) is 31.4 Å². The number of fused-ring (bicyclic) bond motifs is 5. The molecule has 4 fully saturated rings. The molecule has 0 aromatic rings. The molecule has 7 nitrogen and oxygen atoms in total. The summed E-state index contributed by atoms with van der Waals surface area (Å²) < 4.78 is 20.6. The maximum absolute atomic E-state index is 7.13. The van der Waals surface area contributed by atoms with Crippen LogP contribution in [0.25, 0.3) is 0 Å². The third-order valence-corrected chi connectivity index (χ3v) is 16.3. The maximum Gasteiger partial charge on any atom is 0.0637 e. The van der Waals surface area contributed by atoms with Gasteiger partial charge in [-0.25, -0.2) is 0 Å². The van der Waals surface area contributed by atoms with E-state index in [1.165, 1.54) is 148 Å². The molecule has 56 heavy (non-hydrogen) atoms. The molecule has 0 bridgehead atoms. The Morgan fingerprint density at radius 2 is 1.18 bits per heavy atom. The molecule has 0 amide bonds. The number of unbranched alkanes of at least 4 members (excludes halogenated alkanes) is 10. The average molecular weight is 789 g/mol. The highest BCUT2D eigenvalue weighted by atomic mass is 16.5. The lowest BCUT2D eigenvalue weighted by atomic mass is 9.43. The minimum Gasteiger partial charge on any atom is -0.378 e. The van der Waals surface area contributed by atoms with E-state index in [0.29, 0.717) is 78.9 Å². The molecule has 0 radical (unpaired) electrons. The summed E-state index contributed by atoms with van der Waals surface area (Å²) in [6.45, 7) is 21.0. The minimum atomic E-state index is 0.174. The van der Waals surface area contributed by atoms with Gasteiger partial charge in [-0.1, -0.05) is 98.8 Å². The van der Waals surface area contributed by atoms with Gasteiger partial charge in [-0.2, -0.15) is 0 Å². The molecule has 0 spiro atoms. The molecular weight excluding hydrogens is 693 g/mol. The number of hydrogen-bond acceptors (Lipinski definition) is 7. The second-order valence-corrected chi connectivity index (χ2v) is 20.0. The van der Waals surface area contributed by atoms with E-state index in [9.17, 15) is 0 Å². The first-order valence-corrected chi connectivity index (χ1v) is 25.0. The summed E-state index contributed by atoms with van der Waals surface area (Å²) in [4.78, 5) is 2.86. The van der Waals surface area contributed by atoms with Gasteiger partial charge in [0.2, 0.25) is 0 Å². The van der Waals surface area contributed by atoms with Gasteiger partial charge in [0.1, 0.15) is 0 Å². The molecule has 11 atom stereocenters. The number of nitrogens with zero attached hydrogens (tertiary/aromatic N) is 1. The molecule has 4 aliphatic carbocycles. The van der Waals surface area contributed by atoms with Crippen molar-refractivity contribution in [3.8, 4) is 0 Å². The summed E-state index contributed by atoms with van der Waals surface area (Å²) >= 11 is 0. The quantitative estimate of drug-likeness (QED) is 0.0600. The molecule has 0 saturated heterocycles. The van der Waals surface area contributed by atoms with Crippen molar-refractivity contribution in [3.05, 3.63) is 0 Å². The molecule has 6 N–H and O–H groups in total. The summed E-state index contributed by atoms with van der Waals surface area (Å²) in [5.41, 5.74) is 18.4. The second kappa shape index (κ2) is 26.1. The topological polar surface area (TPSA) is 109 Å². The summed E-state index contributed by atoms with van der Waals surface area (Å²) in [6.07, 6.45) is 31.8. The van der Waals surface area contributed by atoms with Crippen LogP contribution in [0.4, 0.5) is 0 Å². The lowest BCUT2D eigenvalue weighted by Gasteiger charge is -2.65. The summed E-state index contributed by atoms with van der Waals surface area (Å²) in [7, 11) is 0. The minimum absolute atomic E-state index is 0.174. The van der Waals surface area contributed by atoms with Gasteiger partial charge in [0.15, 0.2) is 0 Å². The van der Waals surface area contributed by atoms with E-state index >= 15 is 0 Å². The van der Waals surface area contributed by atoms with Crippen LogP contribution >= 0.6 is 0 Å². The average Bonchev–Trinajstić information content (AvgIpc) is 3.56. The Bertz CT molecular complexity index is 1000. The van der Waals surface area contributed by atoms with Crippen molar-refractivity contribution in [1.82, 2.24) is 4.90 Å². The summed E-state index contributed by atoms with van der Waals surface area (Å²) in [5, 5.41) is 0. The Morgan fingerprint density at radius 1 is 0.607 bits per heavy atom. The molecule has 0 aliphatic heterocycles. The van der Waals surface area contributed by atoms with Gasteiger partial charge in [0.25, 0.3) is 0 Å². The highest BCUT2D eigenvalue weighted by Crippen LogP contribution is 2.69. The second-order valence-electron chi connectivity index (χ2n) is 20.0. The first kappa shape index (κ1) is 48.4. The molecule has 4 unspecified atom stereocenters. The Kier molecular flexibility index (Phi) is 22.6. The Morgan fingerprint density at radius 3 is 1.80 bits per heavy atom. The monoisotopic (exact) mass is 789 g/mol. The Balaban J connectivity index is 1.47. The van der Waals surface area contributed by atoms with Crippen LogP contribution in [0.1, 0.15) is 189 Å². The van der Waals surface area contributed by atoms with Crippen molar-refractivity contribution < 1.29 is 14.2 Å². The molecule has 0 heterocycles. The van der Waals surface area contributed by atoms with Crippen LogP contribution in [0.2, 0.25) is 0 Å². The highest BCUT2D eigenvalue weighted by molar-refractivity contribution is 5.15. The van der Waals surface area contributed by atoms with Crippen LogP contribution in [0.3, 0.4) is 0 Å². The van der Waals surface area contributed by atoms with Crippen molar-refractivity contribution in [1.29, 1.82) is 0 Å². The van der Waals surface area contributed by atoms with E-state index in [1.807, 2.05) is 0 Å². The summed E-state index contributed by atoms with van der Waals surface area (Å²) in [5.74, 6) is 3.91. The maximum atomic E-state index is 7.13. The number of rotatable bonds is 31. The Hall–Kier alpha value is -0.280. The number of hydrogen-bond donors (Lipinski definition) is 3. The fraction of sp³-hybridized carbons (Fsp3) is 1.00. The van der Waals surface area contributed by atoms with Crippen molar-refractivity contribution in [3.63, 3.8) is 0 Å². The van der Waals surface area contributed by atoms with Crippen LogP contribution in [-0.4, -0.2) is 82.3 Å². The van der Waals surface area contributed by atoms with Crippen LogP contribution in [-0.2, 0) is 14.2 Å². The normalized spacial score (nSPS) is 33.4. The molecule has 4 saturated carbocycles. The molecule has 7 heteroatoms. The van der Waals surface area contributed by atoms with Crippen LogP contribution in [0.5, 0.6) is 0 Å². The van der Waals surface area contributed by atoms with Crippen molar-refractivity contribution >= 4 is 0 Å². The fourth-order valence-electron chi connectivity index (χ4n) is 13.0. The molecule has 4 aliphatic rings. The largest absolute Gasteiger partial charge is 0.378 e. The fourth-order valence-corrected chi connectivity index (χ4v) is 13.0. The number of ether oxygens (including phenoxy) is 3. The van der Waals surface area contributed by atoms with E-state index in [0.717, 1.165) is 45.5 Å². The lowest BCUT2D eigenvalue weighted by molar-refractivity contribution is -0.227. The van der Waals surface area contributed by atoms with E-state index in [-0.39, 0.29) is 5.41 Å². The first-order valence-electron chi connectivity index (χ1n) is 25.0. The third-order valence-electron chi connectivity index (χ3n) is 16.3. The van der Waals surface area contributed by atoms with E-state index < -0.39 is 0 Å². The molecule has 0 aromatic carbocycles. The van der Waals surface area contributed by atoms with Gasteiger partial charge < -0.3 is 36.3 Å². The lowest BCUT2D eigenvalue weighted by Crippen LogP contribution is -2.63. The first-order chi connectivity index (χ1) is 27.3. The molecule has 330 valence electrons. The van der Waals surface area contributed by atoms with Crippen LogP contribution in [0, 0.1) is 46.3 Å². The van der Waals surface area contributed by atoms with Gasteiger partial charge >= 0.3 is 0 Å². The Labute approximate surface area is 347 Å². The zero-order valence-electron chi connectivity index (χ0n) is 37.9. The third kappa shape index (κ3) is 13.4. The molecule has 4 rings (SSSR count). The zero-order valence-corrected chi connectivity index (χ0v) is 37.9. The standard InChI is InChI=1S/C49H96N4O3/c1-6-8-10-12-14-16-30-53(31-17-15-13-11-9-7-2)32-18-22-39(3)42-23-24-43-47-44(38-46(49(42,43)5)56-35-21-29-52)48(4)26-25-41(54-33-19-27-50)36-40(48)37-45(47)55-34-20-28-51/h39-47H,6-38,50-52H2,1-5H3/t39-,40?,41-,42-,43?,44?,45-,46+,47?,48+,49-/m1/s1. The van der Waals surface area contributed by atoms with Crippen molar-refractivity contribution in [2.24, 2.45) is 63.5 Å². The van der Waals surface area contributed by atoms with E-state index in [2.05, 4.69) is 39.5 Å². The van der Waals surface area contributed by atoms with Crippen molar-refractivity contribution in [2.75, 3.05) is 59.1 Å². The van der Waals surface area contributed by atoms with Crippen molar-refractivity contribution in [2.45, 2.75) is 207 Å². The number of nitrogens with two attached hydrogens (primary N) is 3. The highest BCUT2D eigenvalue weighted by Gasteiger charge is 2.66.